The van der Waals surface area contributed by atoms with Gasteiger partial charge in [0.25, 0.3) is 5.91 Å². The molecule has 0 aromatic heterocycles. The fraction of sp³-hybridized carbons (Fsp3) is 0.435. The maximum atomic E-state index is 13.4. The van der Waals surface area contributed by atoms with Crippen LogP contribution in [-0.2, 0) is 16.4 Å². The largest absolute Gasteiger partial charge is 0.494 e. The Bertz CT molecular complexity index is 971. The SMILES string of the molecule is CCCOc1cccc(C(=O)N(Cc2ccc(N(C)C)cc2)C2CCS(=O)(=O)C2)c1. The summed E-state index contributed by atoms with van der Waals surface area (Å²) in [5.74, 6) is 0.620. The third-order valence-electron chi connectivity index (χ3n) is 5.27. The number of carbonyl (C=O) groups excluding carboxylic acids is 1. The molecule has 2 aromatic rings. The number of anilines is 1. The van der Waals surface area contributed by atoms with Gasteiger partial charge in [-0.2, -0.15) is 0 Å². The van der Waals surface area contributed by atoms with E-state index in [1.165, 1.54) is 0 Å². The molecule has 0 spiro atoms. The Morgan fingerprint density at radius 2 is 1.87 bits per heavy atom. The number of rotatable bonds is 8. The Labute approximate surface area is 179 Å². The van der Waals surface area contributed by atoms with Crippen molar-refractivity contribution in [3.8, 4) is 5.75 Å². The molecule has 0 aliphatic carbocycles. The molecule has 0 bridgehead atoms. The minimum atomic E-state index is -3.11. The first kappa shape index (κ1) is 22.2. The van der Waals surface area contributed by atoms with Crippen molar-refractivity contribution in [3.05, 3.63) is 59.7 Å². The van der Waals surface area contributed by atoms with E-state index in [-0.39, 0.29) is 23.5 Å². The Morgan fingerprint density at radius 1 is 1.13 bits per heavy atom. The van der Waals surface area contributed by atoms with Crippen molar-refractivity contribution in [1.82, 2.24) is 4.90 Å². The third kappa shape index (κ3) is 5.53. The molecule has 1 aliphatic rings. The number of hydrogen-bond acceptors (Lipinski definition) is 5. The van der Waals surface area contributed by atoms with Crippen LogP contribution >= 0.6 is 0 Å². The number of benzene rings is 2. The minimum Gasteiger partial charge on any atom is -0.494 e. The summed E-state index contributed by atoms with van der Waals surface area (Å²) in [5.41, 5.74) is 2.55. The number of sulfone groups is 1. The van der Waals surface area contributed by atoms with Crippen LogP contribution in [0.25, 0.3) is 0 Å². The summed E-state index contributed by atoms with van der Waals surface area (Å²) in [4.78, 5) is 17.1. The van der Waals surface area contributed by atoms with Crippen LogP contribution in [0, 0.1) is 0 Å². The zero-order chi connectivity index (χ0) is 21.7. The van der Waals surface area contributed by atoms with Crippen molar-refractivity contribution >= 4 is 21.4 Å². The maximum absolute atomic E-state index is 13.4. The number of amides is 1. The van der Waals surface area contributed by atoms with Crippen molar-refractivity contribution in [3.63, 3.8) is 0 Å². The zero-order valence-corrected chi connectivity index (χ0v) is 18.7. The van der Waals surface area contributed by atoms with Crippen LogP contribution in [0.2, 0.25) is 0 Å². The van der Waals surface area contributed by atoms with Gasteiger partial charge in [0, 0.05) is 37.9 Å². The Hall–Kier alpha value is -2.54. The minimum absolute atomic E-state index is 0.0144. The van der Waals surface area contributed by atoms with E-state index in [1.54, 1.807) is 23.1 Å². The lowest BCUT2D eigenvalue weighted by molar-refractivity contribution is 0.0680. The van der Waals surface area contributed by atoms with Gasteiger partial charge in [0.1, 0.15) is 5.75 Å². The highest BCUT2D eigenvalue weighted by atomic mass is 32.2. The molecule has 7 heteroatoms. The monoisotopic (exact) mass is 430 g/mol. The number of ether oxygens (including phenoxy) is 1. The van der Waals surface area contributed by atoms with Crippen LogP contribution in [0.3, 0.4) is 0 Å². The van der Waals surface area contributed by atoms with Crippen molar-refractivity contribution in [2.45, 2.75) is 32.4 Å². The zero-order valence-electron chi connectivity index (χ0n) is 17.9. The standard InChI is InChI=1S/C23H30N2O4S/c1-4-13-29-22-7-5-6-19(15-22)23(26)25(21-12-14-30(27,28)17-21)16-18-8-10-20(11-9-18)24(2)3/h5-11,15,21H,4,12-14,16-17H2,1-3H3. The molecular weight excluding hydrogens is 400 g/mol. The summed E-state index contributed by atoms with van der Waals surface area (Å²) < 4.78 is 29.8. The van der Waals surface area contributed by atoms with Gasteiger partial charge in [0.05, 0.1) is 18.1 Å². The molecule has 3 rings (SSSR count). The van der Waals surface area contributed by atoms with E-state index in [4.69, 9.17) is 4.74 Å². The summed E-state index contributed by atoms with van der Waals surface area (Å²) in [5, 5.41) is 0. The molecule has 1 amide bonds. The average Bonchev–Trinajstić information content (AvgIpc) is 3.10. The highest BCUT2D eigenvalue weighted by Crippen LogP contribution is 2.24. The lowest BCUT2D eigenvalue weighted by Gasteiger charge is -2.29. The van der Waals surface area contributed by atoms with Gasteiger partial charge in [-0.25, -0.2) is 8.42 Å². The summed E-state index contributed by atoms with van der Waals surface area (Å²) in [7, 11) is 0.836. The molecule has 0 N–H and O–H groups in total. The number of nitrogens with zero attached hydrogens (tertiary/aromatic N) is 2. The molecule has 1 atom stereocenters. The third-order valence-corrected chi connectivity index (χ3v) is 7.02. The van der Waals surface area contributed by atoms with Crippen LogP contribution in [0.1, 0.15) is 35.7 Å². The molecule has 2 aromatic carbocycles. The fourth-order valence-electron chi connectivity index (χ4n) is 3.59. The second kappa shape index (κ2) is 9.51. The van der Waals surface area contributed by atoms with Gasteiger partial charge in [-0.05, 0) is 48.7 Å². The lowest BCUT2D eigenvalue weighted by Crippen LogP contribution is -2.40. The van der Waals surface area contributed by atoms with Gasteiger partial charge in [0.2, 0.25) is 0 Å². The molecule has 1 fully saturated rings. The highest BCUT2D eigenvalue weighted by Gasteiger charge is 2.35. The molecule has 0 radical (unpaired) electrons. The summed E-state index contributed by atoms with van der Waals surface area (Å²) in [6, 6.07) is 14.8. The van der Waals surface area contributed by atoms with Gasteiger partial charge in [-0.15, -0.1) is 0 Å². The fourth-order valence-corrected chi connectivity index (χ4v) is 5.32. The molecule has 0 saturated carbocycles. The predicted molar refractivity (Wildman–Crippen MR) is 120 cm³/mol. The van der Waals surface area contributed by atoms with Crippen molar-refractivity contribution in [2.75, 3.05) is 37.1 Å². The predicted octanol–water partition coefficient (Wildman–Crippen LogP) is 3.37. The van der Waals surface area contributed by atoms with Gasteiger partial charge in [-0.1, -0.05) is 25.1 Å². The molecule has 1 unspecified atom stereocenters. The first-order chi connectivity index (χ1) is 14.3. The molecule has 162 valence electrons. The van der Waals surface area contributed by atoms with E-state index in [1.807, 2.05) is 56.3 Å². The van der Waals surface area contributed by atoms with Gasteiger partial charge in [0.15, 0.2) is 9.84 Å². The van der Waals surface area contributed by atoms with E-state index in [0.717, 1.165) is 17.7 Å². The van der Waals surface area contributed by atoms with Crippen LogP contribution in [0.5, 0.6) is 5.75 Å². The van der Waals surface area contributed by atoms with E-state index in [0.29, 0.717) is 30.9 Å². The van der Waals surface area contributed by atoms with Crippen molar-refractivity contribution in [2.24, 2.45) is 0 Å². The normalized spacial score (nSPS) is 17.5. The Kier molecular flexibility index (Phi) is 7.02. The van der Waals surface area contributed by atoms with Crippen LogP contribution < -0.4 is 9.64 Å². The molecule has 1 aliphatic heterocycles. The molecular formula is C23H30N2O4S. The Morgan fingerprint density at radius 3 is 2.47 bits per heavy atom. The van der Waals surface area contributed by atoms with E-state index in [9.17, 15) is 13.2 Å². The van der Waals surface area contributed by atoms with Crippen LogP contribution in [0.4, 0.5) is 5.69 Å². The summed E-state index contributed by atoms with van der Waals surface area (Å²) >= 11 is 0. The smallest absolute Gasteiger partial charge is 0.254 e. The van der Waals surface area contributed by atoms with E-state index >= 15 is 0 Å². The highest BCUT2D eigenvalue weighted by molar-refractivity contribution is 7.91. The summed E-state index contributed by atoms with van der Waals surface area (Å²) in [6.07, 6.45) is 1.35. The second-order valence-corrected chi connectivity index (χ2v) is 10.2. The van der Waals surface area contributed by atoms with Gasteiger partial charge < -0.3 is 14.5 Å². The van der Waals surface area contributed by atoms with Crippen molar-refractivity contribution < 1.29 is 17.9 Å². The first-order valence-electron chi connectivity index (χ1n) is 10.3. The van der Waals surface area contributed by atoms with Crippen LogP contribution in [0.15, 0.2) is 48.5 Å². The van der Waals surface area contributed by atoms with Crippen LogP contribution in [-0.4, -0.2) is 57.5 Å². The molecule has 1 heterocycles. The quantitative estimate of drug-likeness (QED) is 0.642. The van der Waals surface area contributed by atoms with Gasteiger partial charge in [-0.3, -0.25) is 4.79 Å². The summed E-state index contributed by atoms with van der Waals surface area (Å²) in [6.45, 7) is 2.98. The molecule has 6 nitrogen and oxygen atoms in total. The van der Waals surface area contributed by atoms with Gasteiger partial charge >= 0.3 is 0 Å². The maximum Gasteiger partial charge on any atom is 0.254 e. The first-order valence-corrected chi connectivity index (χ1v) is 12.1. The molecule has 1 saturated heterocycles. The topological polar surface area (TPSA) is 66.9 Å². The Balaban J connectivity index is 1.86. The van der Waals surface area contributed by atoms with E-state index in [2.05, 4.69) is 0 Å². The molecule has 30 heavy (non-hydrogen) atoms. The lowest BCUT2D eigenvalue weighted by atomic mass is 10.1. The average molecular weight is 431 g/mol. The number of hydrogen-bond donors (Lipinski definition) is 0. The van der Waals surface area contributed by atoms with E-state index < -0.39 is 9.84 Å². The number of carbonyl (C=O) groups is 1. The van der Waals surface area contributed by atoms with Crippen molar-refractivity contribution in [1.29, 1.82) is 0 Å². The second-order valence-electron chi connectivity index (χ2n) is 7.93.